The molecule has 0 saturated heterocycles. The minimum Gasteiger partial charge on any atom is -0.512 e. The maximum Gasteiger partial charge on any atom is 0.0914 e. The summed E-state index contributed by atoms with van der Waals surface area (Å²) < 4.78 is 0. The van der Waals surface area contributed by atoms with Gasteiger partial charge >= 0.3 is 0 Å². The predicted molar refractivity (Wildman–Crippen MR) is 52.1 cm³/mol. The Morgan fingerprint density at radius 3 is 2.33 bits per heavy atom. The number of hydrogen-bond acceptors (Lipinski definition) is 1. The molecule has 0 aliphatic heterocycles. The molecular weight excluding hydrogens is 148 g/mol. The molecule has 0 bridgehead atoms. The van der Waals surface area contributed by atoms with E-state index in [0.717, 1.165) is 12.8 Å². The summed E-state index contributed by atoms with van der Waals surface area (Å²) in [5.41, 5.74) is 1.53. The third-order valence-corrected chi connectivity index (χ3v) is 3.02. The Labute approximate surface area is 75.5 Å². The lowest BCUT2D eigenvalue weighted by Gasteiger charge is -2.33. The van der Waals surface area contributed by atoms with Crippen molar-refractivity contribution in [1.82, 2.24) is 0 Å². The first-order valence-corrected chi connectivity index (χ1v) is 4.79. The van der Waals surface area contributed by atoms with E-state index in [4.69, 9.17) is 0 Å². The molecule has 0 aromatic heterocycles. The minimum absolute atomic E-state index is 0.342. The summed E-state index contributed by atoms with van der Waals surface area (Å²) in [7, 11) is 0. The van der Waals surface area contributed by atoms with E-state index in [9.17, 15) is 5.11 Å². The number of aliphatic hydroxyl groups is 1. The van der Waals surface area contributed by atoms with Crippen molar-refractivity contribution in [3.63, 3.8) is 0 Å². The van der Waals surface area contributed by atoms with E-state index in [-0.39, 0.29) is 0 Å². The van der Waals surface area contributed by atoms with Gasteiger partial charge in [0.15, 0.2) is 0 Å². The van der Waals surface area contributed by atoms with E-state index in [1.165, 1.54) is 12.0 Å². The molecule has 0 fully saturated rings. The fraction of sp³-hybridized carbons (Fsp3) is 0.818. The van der Waals surface area contributed by atoms with Crippen LogP contribution in [0.5, 0.6) is 0 Å². The van der Waals surface area contributed by atoms with E-state index < -0.39 is 0 Å². The van der Waals surface area contributed by atoms with Gasteiger partial charge in [0.1, 0.15) is 0 Å². The van der Waals surface area contributed by atoms with Crippen LogP contribution in [0.1, 0.15) is 47.0 Å². The van der Waals surface area contributed by atoms with Crippen LogP contribution < -0.4 is 0 Å². The average molecular weight is 168 g/mol. The zero-order valence-electron chi connectivity index (χ0n) is 8.65. The summed E-state index contributed by atoms with van der Waals surface area (Å²) >= 11 is 0. The van der Waals surface area contributed by atoms with Crippen LogP contribution in [0.4, 0.5) is 0 Å². The Kier molecular flexibility index (Phi) is 2.50. The lowest BCUT2D eigenvalue weighted by Crippen LogP contribution is -2.23. The van der Waals surface area contributed by atoms with Crippen molar-refractivity contribution >= 4 is 0 Å². The van der Waals surface area contributed by atoms with Crippen molar-refractivity contribution in [2.24, 2.45) is 11.3 Å². The third-order valence-electron chi connectivity index (χ3n) is 3.02. The van der Waals surface area contributed by atoms with Gasteiger partial charge in [-0.25, -0.2) is 0 Å². The van der Waals surface area contributed by atoms with Crippen molar-refractivity contribution in [3.05, 3.63) is 11.3 Å². The highest BCUT2D eigenvalue weighted by atomic mass is 16.3. The van der Waals surface area contributed by atoms with Crippen molar-refractivity contribution in [2.75, 3.05) is 0 Å². The van der Waals surface area contributed by atoms with Gasteiger partial charge in [-0.1, -0.05) is 20.8 Å². The molecule has 0 heterocycles. The Hall–Kier alpha value is -0.460. The first-order valence-electron chi connectivity index (χ1n) is 4.79. The molecule has 1 aliphatic rings. The lowest BCUT2D eigenvalue weighted by molar-refractivity contribution is 0.185. The molecule has 70 valence electrons. The van der Waals surface area contributed by atoms with Gasteiger partial charge in [0.05, 0.1) is 5.76 Å². The zero-order valence-corrected chi connectivity index (χ0v) is 8.65. The molecule has 0 aromatic carbocycles. The molecule has 12 heavy (non-hydrogen) atoms. The Balaban J connectivity index is 2.67. The topological polar surface area (TPSA) is 20.2 Å². The molecule has 1 heteroatoms. The molecule has 0 spiro atoms. The number of rotatable bonds is 0. The first-order chi connectivity index (χ1) is 5.41. The predicted octanol–water partition coefficient (Wildman–Crippen LogP) is 3.66. The lowest BCUT2D eigenvalue weighted by atomic mass is 9.72. The maximum atomic E-state index is 9.59. The van der Waals surface area contributed by atoms with E-state index in [1.807, 2.05) is 6.92 Å². The number of allylic oxidation sites excluding steroid dienone is 2. The highest BCUT2D eigenvalue weighted by molar-refractivity contribution is 5.10. The average Bonchev–Trinajstić information content (AvgIpc) is 1.92. The van der Waals surface area contributed by atoms with Crippen LogP contribution in [0.25, 0.3) is 0 Å². The van der Waals surface area contributed by atoms with Crippen LogP contribution in [-0.2, 0) is 0 Å². The van der Waals surface area contributed by atoms with Gasteiger partial charge < -0.3 is 5.11 Å². The van der Waals surface area contributed by atoms with E-state index >= 15 is 0 Å². The van der Waals surface area contributed by atoms with Crippen LogP contribution >= 0.6 is 0 Å². The molecule has 1 atom stereocenters. The van der Waals surface area contributed by atoms with E-state index in [2.05, 4.69) is 20.8 Å². The zero-order chi connectivity index (χ0) is 9.35. The summed E-state index contributed by atoms with van der Waals surface area (Å²) in [6.07, 6.45) is 3.20. The summed E-state index contributed by atoms with van der Waals surface area (Å²) in [6.45, 7) is 8.80. The largest absolute Gasteiger partial charge is 0.512 e. The molecule has 1 rings (SSSR count). The molecule has 1 nitrogen and oxygen atoms in total. The number of aliphatic hydroxyl groups excluding tert-OH is 1. The second-order valence-corrected chi connectivity index (χ2v) is 5.03. The van der Waals surface area contributed by atoms with Crippen LogP contribution in [0.3, 0.4) is 0 Å². The van der Waals surface area contributed by atoms with Crippen molar-refractivity contribution < 1.29 is 5.11 Å². The SMILES string of the molecule is CC1=C(O)C[C@@H](C(C)(C)C)CC1. The van der Waals surface area contributed by atoms with Crippen molar-refractivity contribution in [1.29, 1.82) is 0 Å². The van der Waals surface area contributed by atoms with Gasteiger partial charge in [-0.2, -0.15) is 0 Å². The van der Waals surface area contributed by atoms with Gasteiger partial charge in [-0.15, -0.1) is 0 Å². The molecule has 0 saturated carbocycles. The second kappa shape index (κ2) is 3.12. The summed E-state index contributed by atoms with van der Waals surface area (Å²) in [5, 5.41) is 9.59. The van der Waals surface area contributed by atoms with Crippen LogP contribution in [-0.4, -0.2) is 5.11 Å². The maximum absolute atomic E-state index is 9.59. The minimum atomic E-state index is 0.342. The first kappa shape index (κ1) is 9.63. The molecule has 1 aliphatic carbocycles. The van der Waals surface area contributed by atoms with E-state index in [1.54, 1.807) is 0 Å². The quantitative estimate of drug-likeness (QED) is 0.585. The Bertz CT molecular complexity index is 196. The number of hydrogen-bond donors (Lipinski definition) is 1. The van der Waals surface area contributed by atoms with Gasteiger partial charge in [0, 0.05) is 6.42 Å². The Morgan fingerprint density at radius 2 is 1.92 bits per heavy atom. The molecule has 0 aromatic rings. The van der Waals surface area contributed by atoms with Gasteiger partial charge in [-0.05, 0) is 36.7 Å². The summed E-state index contributed by atoms with van der Waals surface area (Å²) in [4.78, 5) is 0. The fourth-order valence-corrected chi connectivity index (χ4v) is 1.78. The Morgan fingerprint density at radius 1 is 1.33 bits per heavy atom. The summed E-state index contributed by atoms with van der Waals surface area (Å²) in [5.74, 6) is 1.29. The van der Waals surface area contributed by atoms with Crippen molar-refractivity contribution in [3.8, 4) is 0 Å². The molecule has 1 N–H and O–H groups in total. The molecule has 0 radical (unpaired) electrons. The van der Waals surface area contributed by atoms with Crippen LogP contribution in [0, 0.1) is 11.3 Å². The smallest absolute Gasteiger partial charge is 0.0914 e. The van der Waals surface area contributed by atoms with Gasteiger partial charge in [-0.3, -0.25) is 0 Å². The highest BCUT2D eigenvalue weighted by Crippen LogP contribution is 2.39. The summed E-state index contributed by atoms with van der Waals surface area (Å²) in [6, 6.07) is 0. The van der Waals surface area contributed by atoms with Crippen LogP contribution in [0.15, 0.2) is 11.3 Å². The fourth-order valence-electron chi connectivity index (χ4n) is 1.78. The van der Waals surface area contributed by atoms with E-state index in [0.29, 0.717) is 17.1 Å². The third kappa shape index (κ3) is 2.02. The van der Waals surface area contributed by atoms with Crippen molar-refractivity contribution in [2.45, 2.75) is 47.0 Å². The monoisotopic (exact) mass is 168 g/mol. The van der Waals surface area contributed by atoms with Crippen LogP contribution in [0.2, 0.25) is 0 Å². The molecule has 0 unspecified atom stereocenters. The van der Waals surface area contributed by atoms with Gasteiger partial charge in [0.25, 0.3) is 0 Å². The highest BCUT2D eigenvalue weighted by Gasteiger charge is 2.28. The van der Waals surface area contributed by atoms with Gasteiger partial charge in [0.2, 0.25) is 0 Å². The second-order valence-electron chi connectivity index (χ2n) is 5.03. The normalized spacial score (nSPS) is 26.2. The standard InChI is InChI=1S/C11H20O/c1-8-5-6-9(7-10(8)12)11(2,3)4/h9,12H,5-7H2,1-4H3/t9-/m0/s1. The molecular formula is C11H20O. The molecule has 0 amide bonds.